The molecular weight excluding hydrogens is 446 g/mol. The summed E-state index contributed by atoms with van der Waals surface area (Å²) in [6.07, 6.45) is 4.27. The van der Waals surface area contributed by atoms with Crippen LogP contribution in [0.25, 0.3) is 0 Å². The van der Waals surface area contributed by atoms with Gasteiger partial charge in [-0.1, -0.05) is 53.8 Å². The van der Waals surface area contributed by atoms with Crippen LogP contribution in [0.1, 0.15) is 78.9 Å². The second kappa shape index (κ2) is 10.5. The van der Waals surface area contributed by atoms with Crippen LogP contribution in [0.2, 0.25) is 0 Å². The number of carbonyl (C=O) groups is 2. The van der Waals surface area contributed by atoms with Crippen LogP contribution >= 0.6 is 11.3 Å². The summed E-state index contributed by atoms with van der Waals surface area (Å²) < 4.78 is 5.55. The molecule has 1 aliphatic carbocycles. The lowest BCUT2D eigenvalue weighted by Crippen LogP contribution is -2.30. The maximum absolute atomic E-state index is 12.7. The first-order valence-corrected chi connectivity index (χ1v) is 12.6. The molecule has 34 heavy (non-hydrogen) atoms. The van der Waals surface area contributed by atoms with Gasteiger partial charge >= 0.3 is 5.97 Å². The highest BCUT2D eigenvalue weighted by atomic mass is 32.1. The zero-order valence-corrected chi connectivity index (χ0v) is 20.7. The summed E-state index contributed by atoms with van der Waals surface area (Å²) in [6.45, 7) is 5.72. The minimum absolute atomic E-state index is 0.0146. The van der Waals surface area contributed by atoms with E-state index in [1.807, 2.05) is 75.4 Å². The number of amides is 1. The summed E-state index contributed by atoms with van der Waals surface area (Å²) in [7, 11) is 0. The molecular formula is C27H31N3O3S. The Morgan fingerprint density at radius 3 is 2.29 bits per heavy atom. The second-order valence-corrected chi connectivity index (χ2v) is 10.9. The maximum atomic E-state index is 12.7. The molecule has 0 atom stereocenters. The Bertz CT molecular complexity index is 1110. The molecule has 1 N–H and O–H groups in total. The first kappa shape index (κ1) is 24.1. The molecule has 1 fully saturated rings. The summed E-state index contributed by atoms with van der Waals surface area (Å²) >= 11 is 1.39. The van der Waals surface area contributed by atoms with Crippen molar-refractivity contribution in [3.05, 3.63) is 76.3 Å². The lowest BCUT2D eigenvalue weighted by atomic mass is 9.78. The fourth-order valence-corrected chi connectivity index (χ4v) is 5.04. The Balaban J connectivity index is 1.29. The van der Waals surface area contributed by atoms with Crippen LogP contribution in [0.15, 0.2) is 54.6 Å². The van der Waals surface area contributed by atoms with Crippen molar-refractivity contribution in [2.24, 2.45) is 5.92 Å². The third-order valence-corrected chi connectivity index (χ3v) is 6.84. The molecule has 1 amide bonds. The number of nitrogens with one attached hydrogen (secondary N) is 1. The number of hydrogen-bond acceptors (Lipinski definition) is 6. The van der Waals surface area contributed by atoms with Gasteiger partial charge in [-0.2, -0.15) is 0 Å². The molecule has 6 nitrogen and oxygen atoms in total. The van der Waals surface area contributed by atoms with Gasteiger partial charge in [0.05, 0.1) is 5.92 Å². The van der Waals surface area contributed by atoms with E-state index in [9.17, 15) is 9.59 Å². The van der Waals surface area contributed by atoms with Crippen molar-refractivity contribution in [2.45, 2.75) is 64.4 Å². The molecule has 1 aliphatic rings. The monoisotopic (exact) mass is 477 g/mol. The van der Waals surface area contributed by atoms with E-state index in [1.54, 1.807) is 0 Å². The van der Waals surface area contributed by atoms with E-state index in [-0.39, 0.29) is 17.8 Å². The van der Waals surface area contributed by atoms with E-state index in [4.69, 9.17) is 4.74 Å². The third-order valence-electron chi connectivity index (χ3n) is 6.00. The number of rotatable bonds is 6. The molecule has 1 aromatic heterocycles. The number of hydrogen-bond donors (Lipinski definition) is 1. The van der Waals surface area contributed by atoms with E-state index in [1.165, 1.54) is 16.9 Å². The molecule has 0 unspecified atom stereocenters. The number of nitrogens with zero attached hydrogens (tertiary/aromatic N) is 2. The van der Waals surface area contributed by atoms with E-state index in [0.29, 0.717) is 23.0 Å². The highest BCUT2D eigenvalue weighted by Gasteiger charge is 2.30. The van der Waals surface area contributed by atoms with Crippen molar-refractivity contribution < 1.29 is 14.3 Å². The minimum atomic E-state index is -0.442. The van der Waals surface area contributed by atoms with Crippen molar-refractivity contribution in [1.82, 2.24) is 10.2 Å². The van der Waals surface area contributed by atoms with Crippen molar-refractivity contribution in [3.63, 3.8) is 0 Å². The largest absolute Gasteiger partial charge is 0.460 e. The van der Waals surface area contributed by atoms with Crippen molar-refractivity contribution in [1.29, 1.82) is 0 Å². The maximum Gasteiger partial charge on any atom is 0.309 e. The number of ether oxygens (including phenoxy) is 1. The fourth-order valence-electron chi connectivity index (χ4n) is 4.27. The molecule has 3 aromatic rings. The van der Waals surface area contributed by atoms with Crippen LogP contribution in [-0.4, -0.2) is 27.7 Å². The van der Waals surface area contributed by atoms with E-state index in [0.717, 1.165) is 36.3 Å². The quantitative estimate of drug-likeness (QED) is 0.441. The molecule has 0 saturated heterocycles. The van der Waals surface area contributed by atoms with Crippen molar-refractivity contribution in [3.8, 4) is 0 Å². The van der Waals surface area contributed by atoms with Crippen LogP contribution in [0.3, 0.4) is 0 Å². The predicted octanol–water partition coefficient (Wildman–Crippen LogP) is 6.00. The smallest absolute Gasteiger partial charge is 0.309 e. The third kappa shape index (κ3) is 6.50. The van der Waals surface area contributed by atoms with Crippen LogP contribution in [-0.2, 0) is 16.0 Å². The number of esters is 1. The molecule has 0 aliphatic heterocycles. The average Bonchev–Trinajstić information content (AvgIpc) is 3.25. The zero-order valence-electron chi connectivity index (χ0n) is 19.9. The van der Waals surface area contributed by atoms with Crippen molar-refractivity contribution in [2.75, 3.05) is 5.32 Å². The molecule has 2 aromatic carbocycles. The van der Waals surface area contributed by atoms with Crippen LogP contribution in [0.5, 0.6) is 0 Å². The Kier molecular flexibility index (Phi) is 7.41. The fraction of sp³-hybridized carbons (Fsp3) is 0.407. The van der Waals surface area contributed by atoms with Gasteiger partial charge in [-0.05, 0) is 75.6 Å². The number of aromatic nitrogens is 2. The van der Waals surface area contributed by atoms with Crippen LogP contribution in [0.4, 0.5) is 5.13 Å². The minimum Gasteiger partial charge on any atom is -0.460 e. The lowest BCUT2D eigenvalue weighted by molar-refractivity contribution is -0.161. The van der Waals surface area contributed by atoms with Gasteiger partial charge < -0.3 is 4.74 Å². The van der Waals surface area contributed by atoms with Gasteiger partial charge in [0, 0.05) is 12.0 Å². The Hall–Kier alpha value is -3.06. The van der Waals surface area contributed by atoms with Gasteiger partial charge in [-0.3, -0.25) is 14.9 Å². The summed E-state index contributed by atoms with van der Waals surface area (Å²) in [5.74, 6) is 0.114. The van der Waals surface area contributed by atoms with Crippen LogP contribution in [0, 0.1) is 5.92 Å². The lowest BCUT2D eigenvalue weighted by Gasteiger charge is -2.30. The molecule has 1 saturated carbocycles. The summed E-state index contributed by atoms with van der Waals surface area (Å²) in [5.41, 5.74) is 2.51. The summed E-state index contributed by atoms with van der Waals surface area (Å²) in [4.78, 5) is 25.0. The standard InChI is InChI=1S/C27H31N3O3S/c1-27(2,3)33-25(32)22-15-11-20(12-16-22)19-9-13-21(14-10-19)24(31)28-26-30-29-23(34-26)17-18-7-5-4-6-8-18/h4-10,13-14,20,22H,11-12,15-17H2,1-3H3,(H,28,30,31). The molecule has 0 spiro atoms. The molecule has 4 rings (SSSR count). The van der Waals surface area contributed by atoms with Gasteiger partial charge in [0.2, 0.25) is 5.13 Å². The molecule has 7 heteroatoms. The Morgan fingerprint density at radius 2 is 1.65 bits per heavy atom. The molecule has 0 radical (unpaired) electrons. The Morgan fingerprint density at radius 1 is 0.971 bits per heavy atom. The molecule has 178 valence electrons. The first-order valence-electron chi connectivity index (χ1n) is 11.8. The average molecular weight is 478 g/mol. The normalized spacial score (nSPS) is 18.3. The summed E-state index contributed by atoms with van der Waals surface area (Å²) in [6, 6.07) is 17.8. The zero-order chi connectivity index (χ0) is 24.1. The predicted molar refractivity (Wildman–Crippen MR) is 134 cm³/mol. The Labute approximate surface area is 204 Å². The van der Waals surface area contributed by atoms with Gasteiger partial charge in [0.15, 0.2) is 0 Å². The molecule has 1 heterocycles. The van der Waals surface area contributed by atoms with E-state index < -0.39 is 5.60 Å². The first-order chi connectivity index (χ1) is 16.3. The number of anilines is 1. The highest BCUT2D eigenvalue weighted by molar-refractivity contribution is 7.15. The van der Waals surface area contributed by atoms with Gasteiger partial charge in [0.1, 0.15) is 10.6 Å². The van der Waals surface area contributed by atoms with E-state index in [2.05, 4.69) is 15.5 Å². The van der Waals surface area contributed by atoms with Crippen LogP contribution < -0.4 is 5.32 Å². The SMILES string of the molecule is CC(C)(C)OC(=O)C1CCC(c2ccc(C(=O)Nc3nnc(Cc4ccccc4)s3)cc2)CC1. The summed E-state index contributed by atoms with van der Waals surface area (Å²) in [5, 5.41) is 12.5. The topological polar surface area (TPSA) is 81.2 Å². The highest BCUT2D eigenvalue weighted by Crippen LogP contribution is 2.37. The van der Waals surface area contributed by atoms with Gasteiger partial charge in [-0.25, -0.2) is 0 Å². The van der Waals surface area contributed by atoms with Gasteiger partial charge in [0.25, 0.3) is 5.91 Å². The van der Waals surface area contributed by atoms with E-state index >= 15 is 0 Å². The number of carbonyl (C=O) groups excluding carboxylic acids is 2. The second-order valence-electron chi connectivity index (χ2n) is 9.82. The van der Waals surface area contributed by atoms with Gasteiger partial charge in [-0.15, -0.1) is 10.2 Å². The number of benzene rings is 2. The molecule has 0 bridgehead atoms. The van der Waals surface area contributed by atoms with Crippen molar-refractivity contribution >= 4 is 28.3 Å².